The van der Waals surface area contributed by atoms with Gasteiger partial charge in [0.25, 0.3) is 5.91 Å². The van der Waals surface area contributed by atoms with E-state index in [0.29, 0.717) is 15.6 Å². The molecule has 4 nitrogen and oxygen atoms in total. The lowest BCUT2D eigenvalue weighted by Gasteiger charge is -2.18. The molecule has 2 aromatic rings. The van der Waals surface area contributed by atoms with Crippen LogP contribution < -0.4 is 5.43 Å². The van der Waals surface area contributed by atoms with Gasteiger partial charge in [0, 0.05) is 15.6 Å². The van der Waals surface area contributed by atoms with E-state index in [9.17, 15) is 9.90 Å². The SMILES string of the molecule is CC(C)(C)c1ccc(C(=O)N/N=C\c2cc(Br)cc(Br)c2O)cc1. The Bertz CT molecular complexity index is 779. The van der Waals surface area contributed by atoms with E-state index in [0.717, 1.165) is 10.0 Å². The van der Waals surface area contributed by atoms with Crippen LogP contribution in [-0.4, -0.2) is 17.2 Å². The van der Waals surface area contributed by atoms with Crippen LogP contribution in [0.15, 0.2) is 50.4 Å². The van der Waals surface area contributed by atoms with Crippen molar-refractivity contribution in [3.05, 3.63) is 62.0 Å². The van der Waals surface area contributed by atoms with Gasteiger partial charge in [-0.1, -0.05) is 48.8 Å². The highest BCUT2D eigenvalue weighted by molar-refractivity contribution is 9.11. The molecule has 0 heterocycles. The van der Waals surface area contributed by atoms with Gasteiger partial charge in [0.1, 0.15) is 5.75 Å². The summed E-state index contributed by atoms with van der Waals surface area (Å²) in [6, 6.07) is 10.9. The fourth-order valence-electron chi connectivity index (χ4n) is 2.03. The van der Waals surface area contributed by atoms with Crippen LogP contribution in [0.5, 0.6) is 5.75 Å². The Morgan fingerprint density at radius 2 is 1.79 bits per heavy atom. The molecule has 0 spiro atoms. The third-order valence-corrected chi connectivity index (χ3v) is 4.50. The predicted molar refractivity (Wildman–Crippen MR) is 104 cm³/mol. The summed E-state index contributed by atoms with van der Waals surface area (Å²) in [6.07, 6.45) is 1.40. The lowest BCUT2D eigenvalue weighted by Crippen LogP contribution is -2.18. The first-order chi connectivity index (χ1) is 11.2. The smallest absolute Gasteiger partial charge is 0.271 e. The van der Waals surface area contributed by atoms with Crippen molar-refractivity contribution in [1.29, 1.82) is 0 Å². The Morgan fingerprint density at radius 3 is 2.38 bits per heavy atom. The molecular weight excluding hydrogens is 436 g/mol. The summed E-state index contributed by atoms with van der Waals surface area (Å²) in [5.74, 6) is -0.244. The minimum atomic E-state index is -0.305. The van der Waals surface area contributed by atoms with Crippen molar-refractivity contribution in [1.82, 2.24) is 5.43 Å². The summed E-state index contributed by atoms with van der Waals surface area (Å²) in [4.78, 5) is 12.1. The molecule has 126 valence electrons. The number of hydrazone groups is 1. The molecule has 0 radical (unpaired) electrons. The number of benzene rings is 2. The summed E-state index contributed by atoms with van der Waals surface area (Å²) >= 11 is 6.59. The van der Waals surface area contributed by atoms with E-state index in [1.165, 1.54) is 6.21 Å². The zero-order valence-electron chi connectivity index (χ0n) is 13.6. The van der Waals surface area contributed by atoms with Gasteiger partial charge in [-0.3, -0.25) is 4.79 Å². The molecule has 24 heavy (non-hydrogen) atoms. The summed E-state index contributed by atoms with van der Waals surface area (Å²) in [6.45, 7) is 6.36. The molecule has 0 atom stereocenters. The van der Waals surface area contributed by atoms with Crippen LogP contribution in [0, 0.1) is 0 Å². The van der Waals surface area contributed by atoms with Gasteiger partial charge in [0.05, 0.1) is 10.7 Å². The Balaban J connectivity index is 2.08. The molecule has 6 heteroatoms. The minimum Gasteiger partial charge on any atom is -0.506 e. The van der Waals surface area contributed by atoms with Gasteiger partial charge in [0.2, 0.25) is 0 Å². The number of carbonyl (C=O) groups is 1. The summed E-state index contributed by atoms with van der Waals surface area (Å²) < 4.78 is 1.33. The molecule has 2 aromatic carbocycles. The fourth-order valence-corrected chi connectivity index (χ4v) is 3.29. The van der Waals surface area contributed by atoms with E-state index in [-0.39, 0.29) is 17.1 Å². The topological polar surface area (TPSA) is 61.7 Å². The Hall–Kier alpha value is -1.66. The molecule has 2 rings (SSSR count). The highest BCUT2D eigenvalue weighted by atomic mass is 79.9. The van der Waals surface area contributed by atoms with E-state index in [2.05, 4.69) is 63.2 Å². The normalized spacial score (nSPS) is 11.7. The molecule has 0 aliphatic carbocycles. The highest BCUT2D eigenvalue weighted by Crippen LogP contribution is 2.30. The second kappa shape index (κ2) is 7.49. The monoisotopic (exact) mass is 452 g/mol. The largest absolute Gasteiger partial charge is 0.506 e. The van der Waals surface area contributed by atoms with E-state index in [1.54, 1.807) is 24.3 Å². The number of phenols is 1. The molecular formula is C18H18Br2N2O2. The molecule has 0 bridgehead atoms. The number of carbonyl (C=O) groups excluding carboxylic acids is 1. The van der Waals surface area contributed by atoms with E-state index in [4.69, 9.17) is 0 Å². The van der Waals surface area contributed by atoms with Gasteiger partial charge in [-0.05, 0) is 51.2 Å². The Kier molecular flexibility index (Phi) is 5.83. The van der Waals surface area contributed by atoms with Crippen molar-refractivity contribution in [3.8, 4) is 5.75 Å². The molecule has 0 aliphatic rings. The number of nitrogens with one attached hydrogen (secondary N) is 1. The molecule has 2 N–H and O–H groups in total. The van der Waals surface area contributed by atoms with E-state index >= 15 is 0 Å². The summed E-state index contributed by atoms with van der Waals surface area (Å²) in [7, 11) is 0. The number of phenolic OH excluding ortho intramolecular Hbond substituents is 1. The zero-order valence-corrected chi connectivity index (χ0v) is 16.8. The maximum absolute atomic E-state index is 12.1. The minimum absolute atomic E-state index is 0.0404. The number of nitrogens with zero attached hydrogens (tertiary/aromatic N) is 1. The number of hydrogen-bond donors (Lipinski definition) is 2. The van der Waals surface area contributed by atoms with Crippen molar-refractivity contribution in [2.45, 2.75) is 26.2 Å². The van der Waals surface area contributed by atoms with Crippen LogP contribution in [0.4, 0.5) is 0 Å². The maximum atomic E-state index is 12.1. The highest BCUT2D eigenvalue weighted by Gasteiger charge is 2.14. The van der Waals surface area contributed by atoms with E-state index < -0.39 is 0 Å². The molecule has 1 amide bonds. The summed E-state index contributed by atoms with van der Waals surface area (Å²) in [5.41, 5.74) is 4.67. The third kappa shape index (κ3) is 4.68. The van der Waals surface area contributed by atoms with E-state index in [1.807, 2.05) is 12.1 Å². The molecule has 0 unspecified atom stereocenters. The molecule has 0 aliphatic heterocycles. The first-order valence-electron chi connectivity index (χ1n) is 7.30. The first-order valence-corrected chi connectivity index (χ1v) is 8.89. The average Bonchev–Trinajstić information content (AvgIpc) is 2.51. The maximum Gasteiger partial charge on any atom is 0.271 e. The van der Waals surface area contributed by atoms with Crippen LogP contribution in [-0.2, 0) is 5.41 Å². The number of amides is 1. The molecule has 0 fully saturated rings. The zero-order chi connectivity index (χ0) is 17.9. The van der Waals surface area contributed by atoms with Gasteiger partial charge in [0.15, 0.2) is 0 Å². The van der Waals surface area contributed by atoms with Gasteiger partial charge in [-0.15, -0.1) is 0 Å². The molecule has 0 aromatic heterocycles. The lowest BCUT2D eigenvalue weighted by molar-refractivity contribution is 0.0955. The van der Waals surface area contributed by atoms with Crippen molar-refractivity contribution >= 4 is 44.0 Å². The second-order valence-electron chi connectivity index (χ2n) is 6.35. The number of rotatable bonds is 3. The number of hydrogen-bond acceptors (Lipinski definition) is 3. The number of halogens is 2. The third-order valence-electron chi connectivity index (χ3n) is 3.44. The fraction of sp³-hybridized carbons (Fsp3) is 0.222. The van der Waals surface area contributed by atoms with Crippen LogP contribution in [0.25, 0.3) is 0 Å². The average molecular weight is 454 g/mol. The van der Waals surface area contributed by atoms with Gasteiger partial charge < -0.3 is 5.11 Å². The number of aromatic hydroxyl groups is 1. The van der Waals surface area contributed by atoms with Gasteiger partial charge >= 0.3 is 0 Å². The van der Waals surface area contributed by atoms with Gasteiger partial charge in [-0.2, -0.15) is 5.10 Å². The van der Waals surface area contributed by atoms with Crippen molar-refractivity contribution in [2.24, 2.45) is 5.10 Å². The molecule has 0 saturated heterocycles. The van der Waals surface area contributed by atoms with Crippen LogP contribution in [0.1, 0.15) is 42.3 Å². The summed E-state index contributed by atoms with van der Waals surface area (Å²) in [5, 5.41) is 13.8. The lowest BCUT2D eigenvalue weighted by atomic mass is 9.87. The van der Waals surface area contributed by atoms with Crippen LogP contribution in [0.2, 0.25) is 0 Å². The Morgan fingerprint density at radius 1 is 1.17 bits per heavy atom. The van der Waals surface area contributed by atoms with Crippen molar-refractivity contribution in [2.75, 3.05) is 0 Å². The second-order valence-corrected chi connectivity index (χ2v) is 8.12. The van der Waals surface area contributed by atoms with Gasteiger partial charge in [-0.25, -0.2) is 5.43 Å². The predicted octanol–water partition coefficient (Wildman–Crippen LogP) is 4.98. The Labute approximate surface area is 158 Å². The van der Waals surface area contributed by atoms with Crippen molar-refractivity contribution in [3.63, 3.8) is 0 Å². The first kappa shape index (κ1) is 18.7. The molecule has 0 saturated carbocycles. The standard InChI is InChI=1S/C18H18Br2N2O2/c1-18(2,3)13-6-4-11(5-7-13)17(24)22-21-10-12-8-14(19)9-15(20)16(12)23/h4-10,23H,1-3H3,(H,22,24)/b21-10-. The van der Waals surface area contributed by atoms with Crippen molar-refractivity contribution < 1.29 is 9.90 Å². The quantitative estimate of drug-likeness (QED) is 0.508. The van der Waals surface area contributed by atoms with Crippen LogP contribution >= 0.6 is 31.9 Å². The van der Waals surface area contributed by atoms with Crippen LogP contribution in [0.3, 0.4) is 0 Å².